The minimum Gasteiger partial charge on any atom is -0.504 e. The molecule has 10 heteroatoms. The van der Waals surface area contributed by atoms with Crippen LogP contribution < -0.4 is 15.5 Å². The van der Waals surface area contributed by atoms with Crippen LogP contribution in [0.3, 0.4) is 0 Å². The Morgan fingerprint density at radius 1 is 1.29 bits per heavy atom. The normalized spacial score (nSPS) is 10.7. The van der Waals surface area contributed by atoms with Crippen molar-refractivity contribution in [3.63, 3.8) is 0 Å². The molecule has 0 bridgehead atoms. The van der Waals surface area contributed by atoms with Crippen LogP contribution >= 0.6 is 45.8 Å². The number of carbonyl (C=O) groups excluding carboxylic acids is 2. The molecule has 0 aliphatic rings. The van der Waals surface area contributed by atoms with Crippen molar-refractivity contribution in [3.05, 3.63) is 49.5 Å². The molecule has 7 nitrogen and oxygen atoms in total. The van der Waals surface area contributed by atoms with Crippen molar-refractivity contribution in [2.24, 2.45) is 5.10 Å². The van der Waals surface area contributed by atoms with Gasteiger partial charge in [0.15, 0.2) is 11.5 Å². The van der Waals surface area contributed by atoms with E-state index < -0.39 is 18.2 Å². The number of nitrogens with one attached hydrogen (secondary N) is 2. The molecule has 0 aliphatic carbocycles. The van der Waals surface area contributed by atoms with Gasteiger partial charge in [-0.25, -0.2) is 5.43 Å². The molecule has 0 atom stereocenters. The molecule has 0 aliphatic heterocycles. The van der Waals surface area contributed by atoms with E-state index in [9.17, 15) is 14.7 Å². The zero-order chi connectivity index (χ0) is 20.7. The van der Waals surface area contributed by atoms with Crippen molar-refractivity contribution >= 4 is 69.5 Å². The highest BCUT2D eigenvalue weighted by Crippen LogP contribution is 2.32. The van der Waals surface area contributed by atoms with Gasteiger partial charge < -0.3 is 15.2 Å². The molecule has 148 valence electrons. The van der Waals surface area contributed by atoms with Crippen LogP contribution in [0.15, 0.2) is 35.4 Å². The molecule has 0 spiro atoms. The van der Waals surface area contributed by atoms with Crippen LogP contribution in [0.2, 0.25) is 10.0 Å². The van der Waals surface area contributed by atoms with Gasteiger partial charge >= 0.3 is 0 Å². The number of phenolic OH excluding ortho intramolecular Hbond substituents is 1. The Bertz CT molecular complexity index is 922. The summed E-state index contributed by atoms with van der Waals surface area (Å²) in [5.41, 5.74) is 3.19. The molecule has 28 heavy (non-hydrogen) atoms. The third kappa shape index (κ3) is 6.25. The van der Waals surface area contributed by atoms with Crippen LogP contribution in [-0.4, -0.2) is 29.7 Å². The number of phenols is 1. The molecule has 2 rings (SSSR count). The summed E-state index contributed by atoms with van der Waals surface area (Å²) in [6, 6.07) is 8.04. The van der Waals surface area contributed by atoms with Crippen molar-refractivity contribution in [2.75, 3.05) is 11.9 Å². The lowest BCUT2D eigenvalue weighted by atomic mass is 10.2. The lowest BCUT2D eigenvalue weighted by molar-refractivity contribution is -0.126. The number of hydrogen-bond acceptors (Lipinski definition) is 5. The topological polar surface area (TPSA) is 100 Å². The number of amides is 2. The fourth-order valence-corrected chi connectivity index (χ4v) is 3.07. The highest BCUT2D eigenvalue weighted by molar-refractivity contribution is 14.1. The van der Waals surface area contributed by atoms with Crippen LogP contribution in [0.4, 0.5) is 5.69 Å². The quantitative estimate of drug-likeness (QED) is 0.214. The summed E-state index contributed by atoms with van der Waals surface area (Å²) < 4.78 is 5.91. The van der Waals surface area contributed by atoms with E-state index >= 15 is 0 Å². The van der Waals surface area contributed by atoms with Gasteiger partial charge in [0, 0.05) is 0 Å². The number of anilines is 1. The fraction of sp³-hybridized carbons (Fsp3) is 0.167. The smallest absolute Gasteiger partial charge is 0.249 e. The second-order valence-corrected chi connectivity index (χ2v) is 7.35. The minimum atomic E-state index is -0.606. The van der Waals surface area contributed by atoms with E-state index in [2.05, 4.69) is 15.8 Å². The van der Waals surface area contributed by atoms with E-state index in [1.807, 2.05) is 22.6 Å². The summed E-state index contributed by atoms with van der Waals surface area (Å²) in [5, 5.41) is 16.7. The predicted octanol–water partition coefficient (Wildman–Crippen LogP) is 4.18. The Kier molecular flexibility index (Phi) is 8.34. The van der Waals surface area contributed by atoms with E-state index in [1.165, 1.54) is 6.21 Å². The van der Waals surface area contributed by atoms with Crippen LogP contribution in [0.25, 0.3) is 0 Å². The zero-order valence-corrected chi connectivity index (χ0v) is 18.3. The molecule has 0 saturated carbocycles. The van der Waals surface area contributed by atoms with Crippen molar-refractivity contribution < 1.29 is 19.4 Å². The Morgan fingerprint density at radius 2 is 2.04 bits per heavy atom. The summed E-state index contributed by atoms with van der Waals surface area (Å²) in [7, 11) is 0. The predicted molar refractivity (Wildman–Crippen MR) is 117 cm³/mol. The van der Waals surface area contributed by atoms with Gasteiger partial charge in [-0.2, -0.15) is 5.10 Å². The van der Waals surface area contributed by atoms with E-state index in [1.54, 1.807) is 37.3 Å². The van der Waals surface area contributed by atoms with Crippen LogP contribution in [0, 0.1) is 3.57 Å². The van der Waals surface area contributed by atoms with E-state index in [0.29, 0.717) is 32.2 Å². The van der Waals surface area contributed by atoms with Gasteiger partial charge in [-0.3, -0.25) is 9.59 Å². The molecule has 0 radical (unpaired) electrons. The lowest BCUT2D eigenvalue weighted by Gasteiger charge is -2.08. The highest BCUT2D eigenvalue weighted by atomic mass is 127. The second kappa shape index (κ2) is 10.5. The Hall–Kier alpha value is -2.04. The van der Waals surface area contributed by atoms with Crippen molar-refractivity contribution in [3.8, 4) is 11.5 Å². The number of hydrazone groups is 1. The molecule has 2 aromatic rings. The number of aromatic hydroxyl groups is 1. The SMILES string of the molecule is CCOc1cc(C=NNC(=O)CC(=O)Nc2cccc(Cl)c2Cl)cc(I)c1O. The first-order chi connectivity index (χ1) is 13.3. The largest absolute Gasteiger partial charge is 0.504 e. The van der Waals surface area contributed by atoms with Gasteiger partial charge in [0.2, 0.25) is 11.8 Å². The first-order valence-corrected chi connectivity index (χ1v) is 9.86. The number of nitrogens with zero attached hydrogens (tertiary/aromatic N) is 1. The van der Waals surface area contributed by atoms with Crippen LogP contribution in [0.1, 0.15) is 18.9 Å². The molecule has 0 unspecified atom stereocenters. The van der Waals surface area contributed by atoms with Crippen molar-refractivity contribution in [1.82, 2.24) is 5.43 Å². The van der Waals surface area contributed by atoms with Gasteiger partial charge in [0.25, 0.3) is 0 Å². The summed E-state index contributed by atoms with van der Waals surface area (Å²) in [4.78, 5) is 23.8. The third-order valence-electron chi connectivity index (χ3n) is 3.30. The molecule has 0 heterocycles. The zero-order valence-electron chi connectivity index (χ0n) is 14.6. The molecule has 0 fully saturated rings. The minimum absolute atomic E-state index is 0.0417. The summed E-state index contributed by atoms with van der Waals surface area (Å²) in [5.74, 6) is -0.806. The van der Waals surface area contributed by atoms with Gasteiger partial charge in [-0.1, -0.05) is 29.3 Å². The molecule has 2 aromatic carbocycles. The van der Waals surface area contributed by atoms with Crippen LogP contribution in [-0.2, 0) is 9.59 Å². The lowest BCUT2D eigenvalue weighted by Crippen LogP contribution is -2.24. The maximum atomic E-state index is 11.9. The molecule has 2 amide bonds. The fourth-order valence-electron chi connectivity index (χ4n) is 2.09. The van der Waals surface area contributed by atoms with E-state index in [0.717, 1.165) is 0 Å². The summed E-state index contributed by atoms with van der Waals surface area (Å²) in [6.45, 7) is 2.20. The standard InChI is InChI=1S/C18H16Cl2IN3O4/c1-2-28-14-7-10(6-12(21)18(14)27)9-22-24-16(26)8-15(25)23-13-5-3-4-11(19)17(13)20/h3-7,9,27H,2,8H2,1H3,(H,23,25)(H,24,26). The maximum Gasteiger partial charge on any atom is 0.249 e. The van der Waals surface area contributed by atoms with Crippen molar-refractivity contribution in [1.29, 1.82) is 0 Å². The average molecular weight is 536 g/mol. The third-order valence-corrected chi connectivity index (χ3v) is 4.94. The Labute approximate surface area is 185 Å². The molecule has 0 aromatic heterocycles. The molecule has 0 saturated heterocycles. The second-order valence-electron chi connectivity index (χ2n) is 5.40. The number of carbonyl (C=O) groups is 2. The van der Waals surface area contributed by atoms with Gasteiger partial charge in [0.1, 0.15) is 6.42 Å². The molecule has 3 N–H and O–H groups in total. The summed E-state index contributed by atoms with van der Waals surface area (Å²) in [6.07, 6.45) is 0.936. The van der Waals surface area contributed by atoms with Gasteiger partial charge in [-0.05, 0) is 59.3 Å². The number of rotatable bonds is 7. The maximum absolute atomic E-state index is 11.9. The Balaban J connectivity index is 1.93. The van der Waals surface area contributed by atoms with E-state index in [4.69, 9.17) is 27.9 Å². The average Bonchev–Trinajstić information content (AvgIpc) is 2.63. The first kappa shape index (κ1) is 22.3. The van der Waals surface area contributed by atoms with E-state index in [-0.39, 0.29) is 10.8 Å². The van der Waals surface area contributed by atoms with Crippen molar-refractivity contribution in [2.45, 2.75) is 13.3 Å². The Morgan fingerprint density at radius 3 is 2.75 bits per heavy atom. The highest BCUT2D eigenvalue weighted by Gasteiger charge is 2.12. The van der Waals surface area contributed by atoms with Gasteiger partial charge in [-0.15, -0.1) is 0 Å². The van der Waals surface area contributed by atoms with Gasteiger partial charge in [0.05, 0.1) is 32.1 Å². The molecular formula is C18H16Cl2IN3O4. The first-order valence-electron chi connectivity index (χ1n) is 8.03. The monoisotopic (exact) mass is 535 g/mol. The van der Waals surface area contributed by atoms with Crippen LogP contribution in [0.5, 0.6) is 11.5 Å². The number of ether oxygens (including phenoxy) is 1. The number of hydrogen-bond donors (Lipinski definition) is 3. The number of benzene rings is 2. The number of halogens is 3. The molecular weight excluding hydrogens is 520 g/mol. The summed E-state index contributed by atoms with van der Waals surface area (Å²) >= 11 is 13.8.